The topological polar surface area (TPSA) is 113 Å². The lowest BCUT2D eigenvalue weighted by atomic mass is 9.97. The van der Waals surface area contributed by atoms with Crippen LogP contribution in [0.1, 0.15) is 39.2 Å². The first-order valence-corrected chi connectivity index (χ1v) is 15.1. The van der Waals surface area contributed by atoms with Gasteiger partial charge in [0.25, 0.3) is 5.56 Å². The second-order valence-electron chi connectivity index (χ2n) is 11.8. The summed E-state index contributed by atoms with van der Waals surface area (Å²) in [4.78, 5) is 39.7. The number of rotatable bonds is 13. The van der Waals surface area contributed by atoms with Crippen LogP contribution in [0.15, 0.2) is 70.4 Å². The van der Waals surface area contributed by atoms with Crippen LogP contribution >= 0.6 is 0 Å². The normalized spacial score (nSPS) is 14.0. The predicted molar refractivity (Wildman–Crippen MR) is 169 cm³/mol. The van der Waals surface area contributed by atoms with Crippen LogP contribution in [-0.2, 0) is 20.8 Å². The Morgan fingerprint density at radius 2 is 1.55 bits per heavy atom. The van der Waals surface area contributed by atoms with Gasteiger partial charge in [-0.3, -0.25) is 13.9 Å². The van der Waals surface area contributed by atoms with Crippen molar-refractivity contribution >= 4 is 11.8 Å². The summed E-state index contributed by atoms with van der Waals surface area (Å²) in [6, 6.07) is 16.6. The third kappa shape index (κ3) is 9.72. The molecule has 0 spiro atoms. The fourth-order valence-electron chi connectivity index (χ4n) is 4.96. The molecule has 0 radical (unpaired) electrons. The van der Waals surface area contributed by atoms with Gasteiger partial charge in [-0.25, -0.2) is 9.59 Å². The Balaban J connectivity index is 1.19. The van der Waals surface area contributed by atoms with Gasteiger partial charge in [0.05, 0.1) is 39.2 Å². The maximum atomic E-state index is 13.2. The smallest absolute Gasteiger partial charge is 0.407 e. The van der Waals surface area contributed by atoms with Crippen LogP contribution in [0.25, 0.3) is 5.69 Å². The molecule has 1 amide bonds. The van der Waals surface area contributed by atoms with E-state index < -0.39 is 11.7 Å². The molecule has 0 aliphatic carbocycles. The van der Waals surface area contributed by atoms with E-state index in [0.717, 1.165) is 37.2 Å². The van der Waals surface area contributed by atoms with Gasteiger partial charge in [-0.15, -0.1) is 0 Å². The van der Waals surface area contributed by atoms with Crippen LogP contribution in [0, 0.1) is 5.92 Å². The van der Waals surface area contributed by atoms with Crippen LogP contribution < -0.4 is 26.2 Å². The molecule has 11 heteroatoms. The number of nitrogens with zero attached hydrogens (tertiary/aromatic N) is 3. The zero-order chi connectivity index (χ0) is 31.5. The molecule has 238 valence electrons. The predicted octanol–water partition coefficient (Wildman–Crippen LogP) is 3.83. The van der Waals surface area contributed by atoms with Gasteiger partial charge in [0, 0.05) is 44.2 Å². The number of alkyl carbamates (subject to hydrolysis) is 1. The van der Waals surface area contributed by atoms with Crippen molar-refractivity contribution in [1.29, 1.82) is 0 Å². The maximum absolute atomic E-state index is 13.2. The summed E-state index contributed by atoms with van der Waals surface area (Å²) in [6.07, 6.45) is 3.14. The van der Waals surface area contributed by atoms with Crippen molar-refractivity contribution in [3.63, 3.8) is 0 Å². The van der Waals surface area contributed by atoms with Crippen LogP contribution in [0.2, 0.25) is 0 Å². The second-order valence-corrected chi connectivity index (χ2v) is 11.8. The molecule has 0 atom stereocenters. The van der Waals surface area contributed by atoms with Crippen molar-refractivity contribution in [2.45, 2.75) is 45.8 Å². The molecule has 1 saturated heterocycles. The van der Waals surface area contributed by atoms with E-state index in [9.17, 15) is 14.4 Å². The van der Waals surface area contributed by atoms with E-state index in [1.807, 2.05) is 69.3 Å². The van der Waals surface area contributed by atoms with E-state index in [-0.39, 0.29) is 17.8 Å². The molecule has 2 heterocycles. The van der Waals surface area contributed by atoms with Crippen molar-refractivity contribution < 1.29 is 23.7 Å². The third-order valence-corrected chi connectivity index (χ3v) is 7.32. The highest BCUT2D eigenvalue weighted by Gasteiger charge is 2.20. The molecular weight excluding hydrogens is 564 g/mol. The van der Waals surface area contributed by atoms with Gasteiger partial charge in [0.1, 0.15) is 11.4 Å². The van der Waals surface area contributed by atoms with Crippen LogP contribution in [0.3, 0.4) is 0 Å². The molecule has 4 rings (SSSR count). The molecule has 0 bridgehead atoms. The number of carbonyl (C=O) groups is 1. The lowest BCUT2D eigenvalue weighted by Gasteiger charge is -2.33. The first-order chi connectivity index (χ1) is 21.1. The van der Waals surface area contributed by atoms with Gasteiger partial charge in [0.15, 0.2) is 0 Å². The molecule has 1 aliphatic heterocycles. The van der Waals surface area contributed by atoms with E-state index >= 15 is 0 Å². The van der Waals surface area contributed by atoms with Crippen LogP contribution in [-0.4, -0.2) is 74.0 Å². The molecule has 1 aliphatic rings. The van der Waals surface area contributed by atoms with E-state index in [1.54, 1.807) is 7.11 Å². The quantitative estimate of drug-likeness (QED) is 0.292. The van der Waals surface area contributed by atoms with Crippen molar-refractivity contribution in [3.05, 3.63) is 87.2 Å². The van der Waals surface area contributed by atoms with Crippen LogP contribution in [0.5, 0.6) is 5.75 Å². The molecule has 1 N–H and O–H groups in total. The Hall–Kier alpha value is -4.09. The van der Waals surface area contributed by atoms with Gasteiger partial charge in [-0.2, -0.15) is 0 Å². The lowest BCUT2D eigenvalue weighted by Crippen LogP contribution is -2.38. The first-order valence-electron chi connectivity index (χ1n) is 15.1. The van der Waals surface area contributed by atoms with Crippen molar-refractivity contribution in [2.75, 3.05) is 58.1 Å². The SMILES string of the molecule is COc1ccc(Cn2c(=O)ccn(-c3ccc(N4CCC(COCCOCCNC(=O)OC(C)(C)C)CC4)cc3)c2=O)cc1. The van der Waals surface area contributed by atoms with E-state index in [2.05, 4.69) is 10.2 Å². The molecule has 0 saturated carbocycles. The Morgan fingerprint density at radius 3 is 2.20 bits per heavy atom. The molecule has 11 nitrogen and oxygen atoms in total. The monoisotopic (exact) mass is 608 g/mol. The Bertz CT molecular complexity index is 1450. The summed E-state index contributed by atoms with van der Waals surface area (Å²) in [5, 5.41) is 2.67. The largest absolute Gasteiger partial charge is 0.497 e. The fraction of sp³-hybridized carbons (Fsp3) is 0.485. The number of carbonyl (C=O) groups excluding carboxylic acids is 1. The van der Waals surface area contributed by atoms with Crippen molar-refractivity contribution in [1.82, 2.24) is 14.5 Å². The molecule has 0 unspecified atom stereocenters. The number of hydrogen-bond acceptors (Lipinski definition) is 8. The highest BCUT2D eigenvalue weighted by Crippen LogP contribution is 2.24. The first kappa shape index (κ1) is 32.8. The summed E-state index contributed by atoms with van der Waals surface area (Å²) in [5.74, 6) is 1.21. The Morgan fingerprint density at radius 1 is 0.886 bits per heavy atom. The number of methoxy groups -OCH3 is 1. The van der Waals surface area contributed by atoms with E-state index in [0.29, 0.717) is 50.3 Å². The minimum atomic E-state index is -0.516. The molecular formula is C33H44N4O7. The number of benzene rings is 2. The molecule has 44 heavy (non-hydrogen) atoms. The summed E-state index contributed by atoms with van der Waals surface area (Å²) in [6.45, 7) is 9.98. The number of piperidine rings is 1. The second kappa shape index (κ2) is 15.6. The molecule has 2 aromatic carbocycles. The average molecular weight is 609 g/mol. The van der Waals surface area contributed by atoms with E-state index in [1.165, 1.54) is 21.4 Å². The van der Waals surface area contributed by atoms with Gasteiger partial charge in [-0.05, 0) is 81.5 Å². The highest BCUT2D eigenvalue weighted by atomic mass is 16.6. The zero-order valence-electron chi connectivity index (χ0n) is 26.1. The van der Waals surface area contributed by atoms with E-state index in [4.69, 9.17) is 18.9 Å². The number of amides is 1. The molecule has 3 aromatic rings. The number of nitrogens with one attached hydrogen (secondary N) is 1. The summed E-state index contributed by atoms with van der Waals surface area (Å²) < 4.78 is 24.5. The Kier molecular flexibility index (Phi) is 11.6. The average Bonchev–Trinajstić information content (AvgIpc) is 3.00. The molecule has 1 aromatic heterocycles. The lowest BCUT2D eigenvalue weighted by molar-refractivity contribution is 0.0276. The minimum Gasteiger partial charge on any atom is -0.497 e. The van der Waals surface area contributed by atoms with Crippen molar-refractivity contribution in [3.8, 4) is 11.4 Å². The van der Waals surface area contributed by atoms with Gasteiger partial charge in [0.2, 0.25) is 0 Å². The summed E-state index contributed by atoms with van der Waals surface area (Å²) in [5.41, 5.74) is 1.40. The molecule has 1 fully saturated rings. The minimum absolute atomic E-state index is 0.180. The number of anilines is 1. The van der Waals surface area contributed by atoms with Gasteiger partial charge >= 0.3 is 11.8 Å². The highest BCUT2D eigenvalue weighted by molar-refractivity contribution is 5.67. The Labute approximate surface area is 258 Å². The zero-order valence-corrected chi connectivity index (χ0v) is 26.1. The number of hydrogen-bond donors (Lipinski definition) is 1. The van der Waals surface area contributed by atoms with Crippen molar-refractivity contribution in [2.24, 2.45) is 5.92 Å². The standard InChI is InChI=1S/C33H44N4O7/c1-33(2,3)44-31(39)34-16-20-42-21-22-43-24-26-13-17-35(18-14-26)27-7-9-28(10-8-27)36-19-15-30(38)37(32(36)40)23-25-5-11-29(41-4)12-6-25/h5-12,15,19,26H,13-14,16-18,20-24H2,1-4H3,(H,34,39). The number of aromatic nitrogens is 2. The summed E-state index contributed by atoms with van der Waals surface area (Å²) >= 11 is 0. The summed E-state index contributed by atoms with van der Waals surface area (Å²) in [7, 11) is 1.59. The fourth-order valence-corrected chi connectivity index (χ4v) is 4.96. The van der Waals surface area contributed by atoms with Gasteiger partial charge in [-0.1, -0.05) is 12.1 Å². The third-order valence-electron chi connectivity index (χ3n) is 7.32. The van der Waals surface area contributed by atoms with Crippen LogP contribution in [0.4, 0.5) is 10.5 Å². The number of ether oxygens (including phenoxy) is 4. The maximum Gasteiger partial charge on any atom is 0.407 e. The van der Waals surface area contributed by atoms with Gasteiger partial charge < -0.3 is 29.2 Å².